The minimum Gasteiger partial charge on any atom is -0.504 e. The molecule has 5 aromatic rings. The first-order valence-corrected chi connectivity index (χ1v) is 10.3. The number of aromatic nitrogens is 2. The van der Waals surface area contributed by atoms with Crippen molar-refractivity contribution in [3.05, 3.63) is 99.9 Å². The molecular weight excluding hydrogens is 406 g/mol. The standard InChI is InChI=1S/C25H21N3O4/c1-2-32-25-22(29)12-11-17(24(25)28(30)31)23(18-13-26-20-9-5-3-7-15(18)20)19-14-27-21-10-6-4-8-16(19)21/h3-14,23,26-27,29H,2H2,1H3. The lowest BCUT2D eigenvalue weighted by atomic mass is 9.83. The number of nitro benzene ring substituents is 1. The molecule has 0 bridgehead atoms. The number of fused-ring (bicyclic) bond motifs is 2. The molecule has 0 atom stereocenters. The highest BCUT2D eigenvalue weighted by atomic mass is 16.6. The summed E-state index contributed by atoms with van der Waals surface area (Å²) in [6, 6.07) is 18.8. The topological polar surface area (TPSA) is 104 Å². The Kier molecular flexibility index (Phi) is 4.78. The van der Waals surface area contributed by atoms with Crippen LogP contribution >= 0.6 is 0 Å². The molecule has 0 aliphatic heterocycles. The fourth-order valence-electron chi connectivity index (χ4n) is 4.45. The van der Waals surface area contributed by atoms with Crippen LogP contribution in [0.25, 0.3) is 21.8 Å². The number of phenols is 1. The van der Waals surface area contributed by atoms with Gasteiger partial charge in [-0.3, -0.25) is 10.1 Å². The number of phenolic OH excluding ortho intramolecular Hbond substituents is 1. The number of nitrogens with one attached hydrogen (secondary N) is 2. The third-order valence-electron chi connectivity index (χ3n) is 5.79. The van der Waals surface area contributed by atoms with Gasteiger partial charge >= 0.3 is 5.69 Å². The number of hydrogen-bond donors (Lipinski definition) is 3. The van der Waals surface area contributed by atoms with Crippen LogP contribution in [-0.2, 0) is 0 Å². The SMILES string of the molecule is CCOc1c(O)ccc(C(c2c[nH]c3ccccc23)c2c[nH]c3ccccc23)c1[N+](=O)[O-]. The molecule has 5 rings (SSSR count). The highest BCUT2D eigenvalue weighted by Crippen LogP contribution is 2.48. The van der Waals surface area contributed by atoms with Crippen LogP contribution in [0.5, 0.6) is 11.5 Å². The van der Waals surface area contributed by atoms with Gasteiger partial charge < -0.3 is 19.8 Å². The van der Waals surface area contributed by atoms with Crippen molar-refractivity contribution < 1.29 is 14.8 Å². The summed E-state index contributed by atoms with van der Waals surface area (Å²) < 4.78 is 5.52. The summed E-state index contributed by atoms with van der Waals surface area (Å²) in [6.07, 6.45) is 3.79. The van der Waals surface area contributed by atoms with E-state index in [1.54, 1.807) is 13.0 Å². The van der Waals surface area contributed by atoms with E-state index in [1.807, 2.05) is 60.9 Å². The summed E-state index contributed by atoms with van der Waals surface area (Å²) in [5.41, 5.74) is 3.92. The summed E-state index contributed by atoms with van der Waals surface area (Å²) in [4.78, 5) is 18.3. The van der Waals surface area contributed by atoms with Gasteiger partial charge in [-0.2, -0.15) is 0 Å². The maximum absolute atomic E-state index is 12.2. The third kappa shape index (κ3) is 3.06. The van der Waals surface area contributed by atoms with E-state index in [0.717, 1.165) is 32.9 Å². The second-order valence-electron chi connectivity index (χ2n) is 7.55. The molecule has 0 amide bonds. The number of benzene rings is 3. The Morgan fingerprint density at radius 3 is 2.00 bits per heavy atom. The molecule has 0 aliphatic rings. The van der Waals surface area contributed by atoms with Crippen LogP contribution in [0.3, 0.4) is 0 Å². The normalized spacial score (nSPS) is 11.4. The zero-order valence-electron chi connectivity index (χ0n) is 17.3. The van der Waals surface area contributed by atoms with Crippen LogP contribution in [0.4, 0.5) is 5.69 Å². The summed E-state index contributed by atoms with van der Waals surface area (Å²) in [5, 5.41) is 24.5. The van der Waals surface area contributed by atoms with Gasteiger partial charge in [-0.05, 0) is 42.3 Å². The largest absolute Gasteiger partial charge is 0.504 e. The summed E-state index contributed by atoms with van der Waals surface area (Å²) in [6.45, 7) is 1.93. The van der Waals surface area contributed by atoms with Crippen LogP contribution in [-0.4, -0.2) is 26.6 Å². The van der Waals surface area contributed by atoms with E-state index in [2.05, 4.69) is 9.97 Å². The number of hydrogen-bond acceptors (Lipinski definition) is 4. The fraction of sp³-hybridized carbons (Fsp3) is 0.120. The minimum atomic E-state index is -0.475. The summed E-state index contributed by atoms with van der Waals surface area (Å²) >= 11 is 0. The first kappa shape index (κ1) is 19.7. The molecule has 0 spiro atoms. The molecule has 0 radical (unpaired) electrons. The van der Waals surface area contributed by atoms with Gasteiger partial charge in [-0.1, -0.05) is 36.4 Å². The van der Waals surface area contributed by atoms with Crippen molar-refractivity contribution in [2.24, 2.45) is 0 Å². The molecule has 160 valence electrons. The quantitative estimate of drug-likeness (QED) is 0.234. The van der Waals surface area contributed by atoms with E-state index in [9.17, 15) is 15.2 Å². The maximum Gasteiger partial charge on any atom is 0.318 e. The van der Waals surface area contributed by atoms with Crippen molar-refractivity contribution in [1.29, 1.82) is 0 Å². The average Bonchev–Trinajstić information content (AvgIpc) is 3.41. The second kappa shape index (κ2) is 7.77. The van der Waals surface area contributed by atoms with Crippen LogP contribution in [0.15, 0.2) is 73.1 Å². The number of nitro groups is 1. The molecule has 0 unspecified atom stereocenters. The summed E-state index contributed by atoms with van der Waals surface area (Å²) in [7, 11) is 0. The van der Waals surface area contributed by atoms with Crippen molar-refractivity contribution in [3.8, 4) is 11.5 Å². The lowest BCUT2D eigenvalue weighted by Crippen LogP contribution is -2.08. The smallest absolute Gasteiger partial charge is 0.318 e. The number of rotatable bonds is 6. The third-order valence-corrected chi connectivity index (χ3v) is 5.79. The van der Waals surface area contributed by atoms with Gasteiger partial charge in [-0.15, -0.1) is 0 Å². The lowest BCUT2D eigenvalue weighted by molar-refractivity contribution is -0.386. The van der Waals surface area contributed by atoms with E-state index in [1.165, 1.54) is 6.07 Å². The van der Waals surface area contributed by atoms with E-state index < -0.39 is 10.8 Å². The zero-order chi connectivity index (χ0) is 22.2. The fourth-order valence-corrected chi connectivity index (χ4v) is 4.45. The predicted octanol–water partition coefficient (Wildman–Crippen LogP) is 5.84. The Labute approximate surface area is 183 Å². The molecule has 32 heavy (non-hydrogen) atoms. The molecule has 0 aliphatic carbocycles. The van der Waals surface area contributed by atoms with Gasteiger partial charge in [0.05, 0.1) is 11.5 Å². The Bertz CT molecular complexity index is 1380. The molecule has 2 heterocycles. The minimum absolute atomic E-state index is 0.111. The first-order chi connectivity index (χ1) is 15.6. The molecule has 3 aromatic carbocycles. The Hall–Kier alpha value is -4.26. The van der Waals surface area contributed by atoms with E-state index in [-0.39, 0.29) is 23.8 Å². The number of H-pyrrole nitrogens is 2. The number of ether oxygens (including phenoxy) is 1. The van der Waals surface area contributed by atoms with Crippen LogP contribution < -0.4 is 4.74 Å². The van der Waals surface area contributed by atoms with E-state index in [0.29, 0.717) is 5.56 Å². The number of aromatic hydroxyl groups is 1. The Morgan fingerprint density at radius 1 is 0.906 bits per heavy atom. The highest BCUT2D eigenvalue weighted by molar-refractivity contribution is 5.89. The van der Waals surface area contributed by atoms with Crippen molar-refractivity contribution in [1.82, 2.24) is 9.97 Å². The second-order valence-corrected chi connectivity index (χ2v) is 7.55. The maximum atomic E-state index is 12.2. The van der Waals surface area contributed by atoms with Gasteiger partial charge in [0.1, 0.15) is 0 Å². The van der Waals surface area contributed by atoms with Crippen molar-refractivity contribution in [3.63, 3.8) is 0 Å². The zero-order valence-corrected chi connectivity index (χ0v) is 17.3. The van der Waals surface area contributed by atoms with Crippen molar-refractivity contribution in [2.45, 2.75) is 12.8 Å². The molecule has 3 N–H and O–H groups in total. The van der Waals surface area contributed by atoms with Gasteiger partial charge in [0.2, 0.25) is 5.75 Å². The van der Waals surface area contributed by atoms with Gasteiger partial charge in [0.15, 0.2) is 5.75 Å². The monoisotopic (exact) mass is 427 g/mol. The molecule has 0 saturated carbocycles. The number of nitrogens with zero attached hydrogens (tertiary/aromatic N) is 1. The number of para-hydroxylation sites is 2. The van der Waals surface area contributed by atoms with Gasteiger partial charge in [0, 0.05) is 45.7 Å². The van der Waals surface area contributed by atoms with E-state index >= 15 is 0 Å². The number of aromatic amines is 2. The highest BCUT2D eigenvalue weighted by Gasteiger charge is 2.33. The first-order valence-electron chi connectivity index (χ1n) is 10.3. The predicted molar refractivity (Wildman–Crippen MR) is 123 cm³/mol. The Balaban J connectivity index is 1.86. The van der Waals surface area contributed by atoms with Crippen LogP contribution in [0, 0.1) is 10.1 Å². The molecule has 7 nitrogen and oxygen atoms in total. The van der Waals surface area contributed by atoms with Gasteiger partial charge in [0.25, 0.3) is 0 Å². The average molecular weight is 427 g/mol. The van der Waals surface area contributed by atoms with Crippen LogP contribution in [0.1, 0.15) is 29.5 Å². The van der Waals surface area contributed by atoms with E-state index in [4.69, 9.17) is 4.74 Å². The molecule has 0 saturated heterocycles. The van der Waals surface area contributed by atoms with Crippen molar-refractivity contribution in [2.75, 3.05) is 6.61 Å². The van der Waals surface area contributed by atoms with Crippen LogP contribution in [0.2, 0.25) is 0 Å². The Morgan fingerprint density at radius 2 is 1.47 bits per heavy atom. The molecule has 7 heteroatoms. The lowest BCUT2D eigenvalue weighted by Gasteiger charge is -2.19. The summed E-state index contributed by atoms with van der Waals surface area (Å²) in [5.74, 6) is -0.832. The van der Waals surface area contributed by atoms with Crippen molar-refractivity contribution >= 4 is 27.5 Å². The molecule has 0 fully saturated rings. The van der Waals surface area contributed by atoms with Gasteiger partial charge in [-0.25, -0.2) is 0 Å². The molecular formula is C25H21N3O4. The molecule has 2 aromatic heterocycles.